The first-order chi connectivity index (χ1) is 11.9. The van der Waals surface area contributed by atoms with Gasteiger partial charge in [0, 0.05) is 11.4 Å². The van der Waals surface area contributed by atoms with E-state index in [-0.39, 0.29) is 17.0 Å². The first-order valence-electron chi connectivity index (χ1n) is 7.75. The summed E-state index contributed by atoms with van der Waals surface area (Å²) >= 11 is 6.58. The van der Waals surface area contributed by atoms with Gasteiger partial charge in [0.1, 0.15) is 5.82 Å². The van der Waals surface area contributed by atoms with Crippen molar-refractivity contribution in [3.05, 3.63) is 65.5 Å². The number of thioether (sulfide) groups is 1. The number of carbonyl (C=O) groups is 1. The third kappa shape index (κ3) is 6.72. The molecule has 25 heavy (non-hydrogen) atoms. The van der Waals surface area contributed by atoms with E-state index in [1.165, 1.54) is 29.5 Å². The van der Waals surface area contributed by atoms with Crippen molar-refractivity contribution in [3.8, 4) is 0 Å². The van der Waals surface area contributed by atoms with Crippen LogP contribution in [0.4, 0.5) is 4.39 Å². The first-order valence-corrected chi connectivity index (χ1v) is 9.04. The van der Waals surface area contributed by atoms with Gasteiger partial charge in [-0.2, -0.15) is 0 Å². The van der Waals surface area contributed by atoms with Crippen LogP contribution in [0.15, 0.2) is 53.4 Å². The molecule has 2 aromatic rings. The highest BCUT2D eigenvalue weighted by molar-refractivity contribution is 8.00. The van der Waals surface area contributed by atoms with E-state index in [0.29, 0.717) is 11.7 Å². The molecule has 1 atom stereocenters. The second-order valence-electron chi connectivity index (χ2n) is 5.50. The van der Waals surface area contributed by atoms with E-state index in [9.17, 15) is 9.18 Å². The van der Waals surface area contributed by atoms with Crippen LogP contribution in [0.3, 0.4) is 0 Å². The van der Waals surface area contributed by atoms with Crippen LogP contribution in [0.25, 0.3) is 0 Å². The number of nitrogens with one attached hydrogen (secondary N) is 3. The van der Waals surface area contributed by atoms with Gasteiger partial charge in [0.2, 0.25) is 0 Å². The Morgan fingerprint density at radius 2 is 1.76 bits per heavy atom. The summed E-state index contributed by atoms with van der Waals surface area (Å²) in [7, 11) is 0. The van der Waals surface area contributed by atoms with Crippen LogP contribution in [-0.4, -0.2) is 16.3 Å². The van der Waals surface area contributed by atoms with Crippen LogP contribution in [0.2, 0.25) is 0 Å². The molecule has 3 N–H and O–H groups in total. The molecule has 4 nitrogen and oxygen atoms in total. The van der Waals surface area contributed by atoms with Gasteiger partial charge in [0.15, 0.2) is 5.11 Å². The van der Waals surface area contributed by atoms with Gasteiger partial charge in [-0.3, -0.25) is 15.6 Å². The summed E-state index contributed by atoms with van der Waals surface area (Å²) in [6.45, 7) is 4.29. The molecular weight excluding hydrogens is 357 g/mol. The van der Waals surface area contributed by atoms with Gasteiger partial charge in [-0.15, -0.1) is 11.8 Å². The lowest BCUT2D eigenvalue weighted by Gasteiger charge is -2.15. The maximum absolute atomic E-state index is 12.8. The molecule has 0 saturated carbocycles. The van der Waals surface area contributed by atoms with Gasteiger partial charge in [-0.25, -0.2) is 4.39 Å². The number of amides is 1. The van der Waals surface area contributed by atoms with E-state index < -0.39 is 0 Å². The summed E-state index contributed by atoms with van der Waals surface area (Å²) in [6, 6.07) is 14.1. The topological polar surface area (TPSA) is 53.2 Å². The first kappa shape index (κ1) is 19.2. The fraction of sp³-hybridized carbons (Fsp3) is 0.222. The smallest absolute Gasteiger partial charge is 0.251 e. The number of benzene rings is 2. The van der Waals surface area contributed by atoms with Crippen molar-refractivity contribution in [3.63, 3.8) is 0 Å². The van der Waals surface area contributed by atoms with Crippen LogP contribution in [0.1, 0.15) is 18.1 Å². The number of thiocarbonyl (C=S) groups is 1. The molecule has 0 radical (unpaired) electrons. The number of halogens is 1. The van der Waals surface area contributed by atoms with Gasteiger partial charge >= 0.3 is 0 Å². The third-order valence-corrected chi connectivity index (χ3v) is 4.73. The third-order valence-electron chi connectivity index (χ3n) is 3.37. The van der Waals surface area contributed by atoms with Gasteiger partial charge < -0.3 is 5.32 Å². The van der Waals surface area contributed by atoms with Crippen molar-refractivity contribution in [2.24, 2.45) is 0 Å². The Morgan fingerprint density at radius 1 is 1.12 bits per heavy atom. The number of hydrogen-bond donors (Lipinski definition) is 3. The van der Waals surface area contributed by atoms with Crippen molar-refractivity contribution in [2.45, 2.75) is 30.5 Å². The van der Waals surface area contributed by atoms with E-state index in [4.69, 9.17) is 12.2 Å². The second-order valence-corrected chi connectivity index (χ2v) is 7.32. The number of rotatable bonds is 5. The summed E-state index contributed by atoms with van der Waals surface area (Å²) < 4.78 is 12.8. The number of aryl methyl sites for hydroxylation is 1. The summed E-state index contributed by atoms with van der Waals surface area (Å²) in [4.78, 5) is 13.1. The van der Waals surface area contributed by atoms with E-state index in [1.807, 2.05) is 38.1 Å². The zero-order chi connectivity index (χ0) is 18.2. The standard InChI is InChI=1S/C18H20FN3OS2/c1-12-3-9-16(10-4-12)25-13(2)17(23)21-22-18(24)20-11-14-5-7-15(19)8-6-14/h3-10,13H,11H2,1-2H3,(H,21,23)(H2,20,22,24)/t13-/m0/s1. The summed E-state index contributed by atoms with van der Waals surface area (Å²) in [5.74, 6) is -0.451. The minimum Gasteiger partial charge on any atom is -0.357 e. The molecule has 0 saturated heterocycles. The summed E-state index contributed by atoms with van der Waals surface area (Å²) in [5.41, 5.74) is 7.33. The fourth-order valence-electron chi connectivity index (χ4n) is 1.92. The molecule has 0 heterocycles. The molecule has 0 aliphatic carbocycles. The van der Waals surface area contributed by atoms with Crippen LogP contribution in [0.5, 0.6) is 0 Å². The highest BCUT2D eigenvalue weighted by Gasteiger charge is 2.14. The van der Waals surface area contributed by atoms with E-state index in [0.717, 1.165) is 10.5 Å². The van der Waals surface area contributed by atoms with Crippen molar-refractivity contribution in [1.29, 1.82) is 0 Å². The minimum absolute atomic E-state index is 0.170. The zero-order valence-corrected chi connectivity index (χ0v) is 15.6. The van der Waals surface area contributed by atoms with Crippen molar-refractivity contribution < 1.29 is 9.18 Å². The Balaban J connectivity index is 1.71. The minimum atomic E-state index is -0.281. The van der Waals surface area contributed by atoms with Gasteiger partial charge in [-0.05, 0) is 55.9 Å². The predicted molar refractivity (Wildman–Crippen MR) is 104 cm³/mol. The lowest BCUT2D eigenvalue weighted by molar-refractivity contribution is -0.120. The maximum Gasteiger partial charge on any atom is 0.251 e. The molecule has 2 rings (SSSR count). The Bertz CT molecular complexity index is 720. The average molecular weight is 378 g/mol. The van der Waals surface area contributed by atoms with Crippen LogP contribution in [0, 0.1) is 12.7 Å². The average Bonchev–Trinajstić information content (AvgIpc) is 2.61. The molecule has 0 fully saturated rings. The zero-order valence-electron chi connectivity index (χ0n) is 14.0. The Kier molecular flexibility index (Phi) is 7.21. The van der Waals surface area contributed by atoms with E-state index >= 15 is 0 Å². The fourth-order valence-corrected chi connectivity index (χ4v) is 2.91. The Hall–Kier alpha value is -2.12. The van der Waals surface area contributed by atoms with Gasteiger partial charge in [0.05, 0.1) is 5.25 Å². The maximum atomic E-state index is 12.8. The molecule has 0 spiro atoms. The molecule has 132 valence electrons. The molecule has 7 heteroatoms. The normalized spacial score (nSPS) is 11.5. The number of hydrazine groups is 1. The van der Waals surface area contributed by atoms with Gasteiger partial charge in [-0.1, -0.05) is 29.8 Å². The molecular formula is C18H20FN3OS2. The SMILES string of the molecule is Cc1ccc(S[C@@H](C)C(=O)NNC(=S)NCc2ccc(F)cc2)cc1. The van der Waals surface area contributed by atoms with Crippen molar-refractivity contribution >= 4 is 35.0 Å². The molecule has 0 aromatic heterocycles. The molecule has 1 amide bonds. The van der Waals surface area contributed by atoms with E-state index in [2.05, 4.69) is 16.2 Å². The molecule has 0 bridgehead atoms. The summed E-state index contributed by atoms with van der Waals surface area (Å²) in [5, 5.41) is 2.97. The highest BCUT2D eigenvalue weighted by atomic mass is 32.2. The van der Waals surface area contributed by atoms with Gasteiger partial charge in [0.25, 0.3) is 5.91 Å². The molecule has 2 aromatic carbocycles. The second kappa shape index (κ2) is 9.39. The molecule has 0 unspecified atom stereocenters. The Labute approximate surface area is 156 Å². The van der Waals surface area contributed by atoms with Crippen LogP contribution < -0.4 is 16.2 Å². The Morgan fingerprint density at radius 3 is 2.40 bits per heavy atom. The van der Waals surface area contributed by atoms with Crippen molar-refractivity contribution in [1.82, 2.24) is 16.2 Å². The predicted octanol–water partition coefficient (Wildman–Crippen LogP) is 3.31. The number of carbonyl (C=O) groups excluding carboxylic acids is 1. The highest BCUT2D eigenvalue weighted by Crippen LogP contribution is 2.23. The largest absolute Gasteiger partial charge is 0.357 e. The monoisotopic (exact) mass is 377 g/mol. The molecule has 0 aliphatic rings. The van der Waals surface area contributed by atoms with E-state index in [1.54, 1.807) is 12.1 Å². The van der Waals surface area contributed by atoms with Crippen LogP contribution in [-0.2, 0) is 11.3 Å². The lowest BCUT2D eigenvalue weighted by atomic mass is 10.2. The lowest BCUT2D eigenvalue weighted by Crippen LogP contribution is -2.48. The quantitative estimate of drug-likeness (QED) is 0.424. The van der Waals surface area contributed by atoms with Crippen LogP contribution >= 0.6 is 24.0 Å². The number of hydrogen-bond acceptors (Lipinski definition) is 3. The van der Waals surface area contributed by atoms with Crippen molar-refractivity contribution in [2.75, 3.05) is 0 Å². The molecule has 0 aliphatic heterocycles. The summed E-state index contributed by atoms with van der Waals surface area (Å²) in [6.07, 6.45) is 0.